The first-order chi connectivity index (χ1) is 5.90. The van der Waals surface area contributed by atoms with Crippen molar-refractivity contribution in [2.24, 2.45) is 0 Å². The number of rotatable bonds is 3. The number of nitrogens with zero attached hydrogens (tertiary/aromatic N) is 3. The summed E-state index contributed by atoms with van der Waals surface area (Å²) in [6.45, 7) is 4.47. The highest BCUT2D eigenvalue weighted by molar-refractivity contribution is 7.03. The maximum atomic E-state index is 4.03. The molecular formula is C8H13N3S. The fourth-order valence-electron chi connectivity index (χ4n) is 1.63. The van der Waals surface area contributed by atoms with Crippen LogP contribution < -0.4 is 0 Å². The van der Waals surface area contributed by atoms with Gasteiger partial charge in [0, 0.05) is 24.5 Å². The Morgan fingerprint density at radius 1 is 1.75 bits per heavy atom. The first-order valence-electron chi connectivity index (χ1n) is 4.40. The number of hydrogen-bond donors (Lipinski definition) is 0. The molecule has 1 aromatic heterocycles. The van der Waals surface area contributed by atoms with Crippen LogP contribution in [0, 0.1) is 0 Å². The average molecular weight is 183 g/mol. The molecule has 12 heavy (non-hydrogen) atoms. The van der Waals surface area contributed by atoms with Gasteiger partial charge in [0.1, 0.15) is 0 Å². The molecule has 1 fully saturated rings. The zero-order valence-corrected chi connectivity index (χ0v) is 8.05. The van der Waals surface area contributed by atoms with Crippen LogP contribution in [0.3, 0.4) is 0 Å². The molecule has 1 saturated heterocycles. The first kappa shape index (κ1) is 8.13. The van der Waals surface area contributed by atoms with Crippen molar-refractivity contribution in [1.82, 2.24) is 14.5 Å². The molecule has 66 valence electrons. The summed E-state index contributed by atoms with van der Waals surface area (Å²) in [7, 11) is 0. The van der Waals surface area contributed by atoms with E-state index in [1.54, 1.807) is 0 Å². The topological polar surface area (TPSA) is 29.0 Å². The molecule has 0 amide bonds. The van der Waals surface area contributed by atoms with Crippen molar-refractivity contribution in [2.45, 2.75) is 32.4 Å². The van der Waals surface area contributed by atoms with E-state index >= 15 is 0 Å². The zero-order valence-electron chi connectivity index (χ0n) is 7.23. The minimum Gasteiger partial charge on any atom is -0.294 e. The Balaban J connectivity index is 1.88. The second kappa shape index (κ2) is 3.49. The van der Waals surface area contributed by atoms with Gasteiger partial charge in [-0.05, 0) is 24.4 Å². The van der Waals surface area contributed by atoms with Gasteiger partial charge >= 0.3 is 0 Å². The van der Waals surface area contributed by atoms with Crippen LogP contribution in [0.15, 0.2) is 5.38 Å². The van der Waals surface area contributed by atoms with E-state index in [2.05, 4.69) is 21.4 Å². The third-order valence-electron chi connectivity index (χ3n) is 2.51. The Labute approximate surface area is 76.6 Å². The lowest BCUT2D eigenvalue weighted by atomic mass is 10.0. The summed E-state index contributed by atoms with van der Waals surface area (Å²) in [6, 6.07) is 0.798. The van der Waals surface area contributed by atoms with Crippen LogP contribution in [0.1, 0.15) is 25.5 Å². The largest absolute Gasteiger partial charge is 0.294 e. The molecule has 4 heteroatoms. The van der Waals surface area contributed by atoms with Crippen molar-refractivity contribution < 1.29 is 0 Å². The fourth-order valence-corrected chi connectivity index (χ4v) is 2.07. The summed E-state index contributed by atoms with van der Waals surface area (Å²) >= 11 is 1.44. The number of hydrogen-bond acceptors (Lipinski definition) is 4. The first-order valence-corrected chi connectivity index (χ1v) is 5.23. The van der Waals surface area contributed by atoms with Crippen LogP contribution in [0.2, 0.25) is 0 Å². The van der Waals surface area contributed by atoms with Crippen LogP contribution in [-0.2, 0) is 6.54 Å². The molecule has 1 aromatic rings. The van der Waals surface area contributed by atoms with E-state index in [-0.39, 0.29) is 0 Å². The third kappa shape index (κ3) is 1.49. The van der Waals surface area contributed by atoms with Gasteiger partial charge in [-0.25, -0.2) is 0 Å². The quantitative estimate of drug-likeness (QED) is 0.711. The van der Waals surface area contributed by atoms with Crippen molar-refractivity contribution in [2.75, 3.05) is 6.54 Å². The van der Waals surface area contributed by atoms with Gasteiger partial charge < -0.3 is 0 Å². The van der Waals surface area contributed by atoms with E-state index in [1.165, 1.54) is 30.9 Å². The SMILES string of the molecule is CCC1CCN1Cc1csnn1. The van der Waals surface area contributed by atoms with Crippen molar-refractivity contribution in [3.05, 3.63) is 11.1 Å². The van der Waals surface area contributed by atoms with E-state index in [9.17, 15) is 0 Å². The van der Waals surface area contributed by atoms with Gasteiger partial charge in [0.25, 0.3) is 0 Å². The highest BCUT2D eigenvalue weighted by Gasteiger charge is 2.26. The second-order valence-corrected chi connectivity index (χ2v) is 3.83. The minimum absolute atomic E-state index is 0.798. The molecule has 2 heterocycles. The minimum atomic E-state index is 0.798. The molecule has 1 aliphatic heterocycles. The molecule has 0 N–H and O–H groups in total. The Bertz CT molecular complexity index is 232. The van der Waals surface area contributed by atoms with Gasteiger partial charge in [-0.2, -0.15) is 0 Å². The summed E-state index contributed by atoms with van der Waals surface area (Å²) in [5.41, 5.74) is 1.12. The Kier molecular flexibility index (Phi) is 2.37. The molecule has 1 atom stereocenters. The summed E-state index contributed by atoms with van der Waals surface area (Å²) in [4.78, 5) is 2.47. The van der Waals surface area contributed by atoms with E-state index in [0.29, 0.717) is 0 Å². The van der Waals surface area contributed by atoms with E-state index in [1.807, 2.05) is 5.38 Å². The molecular weight excluding hydrogens is 170 g/mol. The molecule has 0 saturated carbocycles. The summed E-state index contributed by atoms with van der Waals surface area (Å²) in [5.74, 6) is 0. The van der Waals surface area contributed by atoms with Gasteiger partial charge in [-0.3, -0.25) is 4.90 Å². The Morgan fingerprint density at radius 3 is 3.17 bits per heavy atom. The lowest BCUT2D eigenvalue weighted by Crippen LogP contribution is -2.46. The van der Waals surface area contributed by atoms with Gasteiger partial charge in [0.2, 0.25) is 0 Å². The highest BCUT2D eigenvalue weighted by Crippen LogP contribution is 2.22. The fraction of sp³-hybridized carbons (Fsp3) is 0.750. The van der Waals surface area contributed by atoms with Crippen LogP contribution >= 0.6 is 11.5 Å². The van der Waals surface area contributed by atoms with Crippen LogP contribution in [0.5, 0.6) is 0 Å². The highest BCUT2D eigenvalue weighted by atomic mass is 32.1. The van der Waals surface area contributed by atoms with Crippen molar-refractivity contribution >= 4 is 11.5 Å². The smallest absolute Gasteiger partial charge is 0.0895 e. The normalized spacial score (nSPS) is 23.9. The van der Waals surface area contributed by atoms with Crippen LogP contribution in [-0.4, -0.2) is 27.1 Å². The summed E-state index contributed by atoms with van der Waals surface area (Å²) < 4.78 is 3.85. The van der Waals surface area contributed by atoms with Crippen molar-refractivity contribution in [3.8, 4) is 0 Å². The van der Waals surface area contributed by atoms with Gasteiger partial charge in [-0.15, -0.1) is 5.10 Å². The Hall–Kier alpha value is -0.480. The average Bonchev–Trinajstić information content (AvgIpc) is 2.51. The standard InChI is InChI=1S/C8H13N3S/c1-2-8-3-4-11(8)5-7-6-12-10-9-7/h6,8H,2-5H2,1H3. The maximum absolute atomic E-state index is 4.03. The zero-order chi connectivity index (χ0) is 8.39. The van der Waals surface area contributed by atoms with E-state index in [4.69, 9.17) is 0 Å². The van der Waals surface area contributed by atoms with Crippen LogP contribution in [0.4, 0.5) is 0 Å². The Morgan fingerprint density at radius 2 is 2.67 bits per heavy atom. The van der Waals surface area contributed by atoms with Crippen molar-refractivity contribution in [3.63, 3.8) is 0 Å². The second-order valence-electron chi connectivity index (χ2n) is 3.22. The number of likely N-dealkylation sites (tertiary alicyclic amines) is 1. The molecule has 0 aromatic carbocycles. The maximum Gasteiger partial charge on any atom is 0.0895 e. The molecule has 0 radical (unpaired) electrons. The molecule has 0 bridgehead atoms. The number of aromatic nitrogens is 2. The molecule has 1 unspecified atom stereocenters. The molecule has 2 rings (SSSR count). The van der Waals surface area contributed by atoms with Gasteiger partial charge in [-0.1, -0.05) is 11.4 Å². The molecule has 0 spiro atoms. The van der Waals surface area contributed by atoms with Crippen LogP contribution in [0.25, 0.3) is 0 Å². The summed E-state index contributed by atoms with van der Waals surface area (Å²) in [5, 5.41) is 6.07. The molecule has 1 aliphatic rings. The van der Waals surface area contributed by atoms with Gasteiger partial charge in [0.15, 0.2) is 0 Å². The third-order valence-corrected chi connectivity index (χ3v) is 3.06. The predicted molar refractivity (Wildman–Crippen MR) is 49.0 cm³/mol. The van der Waals surface area contributed by atoms with Crippen molar-refractivity contribution in [1.29, 1.82) is 0 Å². The van der Waals surface area contributed by atoms with Gasteiger partial charge in [0.05, 0.1) is 5.69 Å². The monoisotopic (exact) mass is 183 g/mol. The molecule has 3 nitrogen and oxygen atoms in total. The van der Waals surface area contributed by atoms with E-state index < -0.39 is 0 Å². The van der Waals surface area contributed by atoms with E-state index in [0.717, 1.165) is 18.3 Å². The lowest BCUT2D eigenvalue weighted by Gasteiger charge is -2.39. The lowest BCUT2D eigenvalue weighted by molar-refractivity contribution is 0.0777. The molecule has 0 aliphatic carbocycles. The summed E-state index contributed by atoms with van der Waals surface area (Å²) in [6.07, 6.45) is 2.62. The predicted octanol–water partition coefficient (Wildman–Crippen LogP) is 1.52.